The molecule has 0 saturated heterocycles. The number of nitrogens with one attached hydrogen (secondary N) is 1. The molecule has 7 heteroatoms. The van der Waals surface area contributed by atoms with E-state index in [0.717, 1.165) is 5.56 Å². The van der Waals surface area contributed by atoms with E-state index in [2.05, 4.69) is 24.0 Å². The third-order valence-electron chi connectivity index (χ3n) is 3.37. The van der Waals surface area contributed by atoms with Gasteiger partial charge in [0.25, 0.3) is 0 Å². The summed E-state index contributed by atoms with van der Waals surface area (Å²) in [6, 6.07) is 7.93. The lowest BCUT2D eigenvalue weighted by Crippen LogP contribution is -2.26. The van der Waals surface area contributed by atoms with Gasteiger partial charge in [0, 0.05) is 13.6 Å². The van der Waals surface area contributed by atoms with Crippen LogP contribution in [0.2, 0.25) is 0 Å². The van der Waals surface area contributed by atoms with Crippen LogP contribution >= 0.6 is 0 Å². The van der Waals surface area contributed by atoms with Crippen molar-refractivity contribution in [3.05, 3.63) is 41.6 Å². The number of benzene rings is 1. The van der Waals surface area contributed by atoms with Gasteiger partial charge in [-0.25, -0.2) is 8.42 Å². The summed E-state index contributed by atoms with van der Waals surface area (Å²) in [6.07, 6.45) is 1.23. The fraction of sp³-hybridized carbons (Fsp3) is 0.357. The molecule has 0 fully saturated rings. The zero-order chi connectivity index (χ0) is 15.6. The quantitative estimate of drug-likeness (QED) is 0.883. The van der Waals surface area contributed by atoms with Crippen LogP contribution in [0.25, 0.3) is 0 Å². The summed E-state index contributed by atoms with van der Waals surface area (Å²) < 4.78 is 26.0. The van der Waals surface area contributed by atoms with Gasteiger partial charge in [-0.1, -0.05) is 38.1 Å². The van der Waals surface area contributed by atoms with Crippen molar-refractivity contribution in [3.63, 3.8) is 0 Å². The van der Waals surface area contributed by atoms with Gasteiger partial charge >= 0.3 is 0 Å². The van der Waals surface area contributed by atoms with E-state index in [0.29, 0.717) is 5.92 Å². The smallest absolute Gasteiger partial charge is 0.248 e. The first-order valence-corrected chi connectivity index (χ1v) is 8.10. The van der Waals surface area contributed by atoms with Gasteiger partial charge in [-0.3, -0.25) is 5.10 Å². The van der Waals surface area contributed by atoms with Crippen LogP contribution in [-0.2, 0) is 16.6 Å². The average molecular weight is 308 g/mol. The normalized spacial score (nSPS) is 12.2. The van der Waals surface area contributed by atoms with Gasteiger partial charge < -0.3 is 5.73 Å². The van der Waals surface area contributed by atoms with E-state index in [9.17, 15) is 8.42 Å². The maximum absolute atomic E-state index is 12.4. The lowest BCUT2D eigenvalue weighted by atomic mass is 10.0. The third kappa shape index (κ3) is 3.25. The van der Waals surface area contributed by atoms with E-state index in [1.165, 1.54) is 23.1 Å². The molecular weight excluding hydrogens is 288 g/mol. The Labute approximate surface area is 125 Å². The van der Waals surface area contributed by atoms with Crippen LogP contribution in [0.3, 0.4) is 0 Å². The van der Waals surface area contributed by atoms with E-state index >= 15 is 0 Å². The lowest BCUT2D eigenvalue weighted by Gasteiger charge is -2.17. The van der Waals surface area contributed by atoms with E-state index in [1.807, 2.05) is 24.3 Å². The lowest BCUT2D eigenvalue weighted by molar-refractivity contribution is 0.467. The summed E-state index contributed by atoms with van der Waals surface area (Å²) >= 11 is 0. The van der Waals surface area contributed by atoms with Gasteiger partial charge in [-0.15, -0.1) is 0 Å². The molecule has 0 bridgehead atoms. The fourth-order valence-electron chi connectivity index (χ4n) is 2.01. The summed E-state index contributed by atoms with van der Waals surface area (Å²) in [7, 11) is -2.11. The molecule has 6 nitrogen and oxygen atoms in total. The highest BCUT2D eigenvalue weighted by molar-refractivity contribution is 7.89. The highest BCUT2D eigenvalue weighted by atomic mass is 32.2. The first-order chi connectivity index (χ1) is 9.82. The molecule has 0 atom stereocenters. The number of nitrogens with zero attached hydrogens (tertiary/aromatic N) is 2. The van der Waals surface area contributed by atoms with Gasteiger partial charge in [-0.05, 0) is 17.0 Å². The largest absolute Gasteiger partial charge is 0.383 e. The maximum atomic E-state index is 12.4. The molecule has 1 aromatic carbocycles. The number of aromatic amines is 1. The van der Waals surface area contributed by atoms with E-state index < -0.39 is 10.0 Å². The van der Waals surface area contributed by atoms with Crippen molar-refractivity contribution in [3.8, 4) is 0 Å². The predicted molar refractivity (Wildman–Crippen MR) is 82.2 cm³/mol. The van der Waals surface area contributed by atoms with Crippen LogP contribution in [0.15, 0.2) is 35.4 Å². The summed E-state index contributed by atoms with van der Waals surface area (Å²) in [6.45, 7) is 4.52. The predicted octanol–water partition coefficient (Wildman–Crippen LogP) is 1.94. The van der Waals surface area contributed by atoms with Crippen LogP contribution in [-0.4, -0.2) is 30.0 Å². The molecule has 1 heterocycles. The summed E-state index contributed by atoms with van der Waals surface area (Å²) in [5.41, 5.74) is 7.74. The Hall–Kier alpha value is -1.86. The van der Waals surface area contributed by atoms with Gasteiger partial charge in [0.05, 0.1) is 6.20 Å². The summed E-state index contributed by atoms with van der Waals surface area (Å²) in [5.74, 6) is 0.503. The van der Waals surface area contributed by atoms with Crippen molar-refractivity contribution < 1.29 is 8.42 Å². The Balaban J connectivity index is 2.18. The number of nitrogen functional groups attached to an aromatic ring is 1. The van der Waals surface area contributed by atoms with Crippen LogP contribution in [0, 0.1) is 0 Å². The maximum Gasteiger partial charge on any atom is 0.248 e. The van der Waals surface area contributed by atoms with Crippen LogP contribution in [0.4, 0.5) is 5.82 Å². The van der Waals surface area contributed by atoms with Crippen LogP contribution in [0.1, 0.15) is 30.9 Å². The van der Waals surface area contributed by atoms with Gasteiger partial charge in [0.15, 0.2) is 0 Å². The minimum Gasteiger partial charge on any atom is -0.383 e. The number of hydrogen-bond acceptors (Lipinski definition) is 4. The van der Waals surface area contributed by atoms with Gasteiger partial charge in [0.2, 0.25) is 10.0 Å². The zero-order valence-electron chi connectivity index (χ0n) is 12.4. The zero-order valence-corrected chi connectivity index (χ0v) is 13.2. The number of nitrogens with two attached hydrogens (primary N) is 1. The molecule has 21 heavy (non-hydrogen) atoms. The third-order valence-corrected chi connectivity index (χ3v) is 5.20. The first kappa shape index (κ1) is 15.5. The molecule has 0 saturated carbocycles. The van der Waals surface area contributed by atoms with E-state index in [4.69, 9.17) is 5.73 Å². The Bertz CT molecular complexity index is 705. The molecule has 0 unspecified atom stereocenters. The molecule has 0 amide bonds. The monoisotopic (exact) mass is 308 g/mol. The molecule has 2 rings (SSSR count). The number of rotatable bonds is 5. The second kappa shape index (κ2) is 5.87. The molecule has 0 aliphatic heterocycles. The molecule has 114 valence electrons. The van der Waals surface area contributed by atoms with Crippen molar-refractivity contribution in [1.29, 1.82) is 0 Å². The number of sulfonamides is 1. The number of aromatic nitrogens is 2. The van der Waals surface area contributed by atoms with Crippen molar-refractivity contribution >= 4 is 15.8 Å². The molecule has 3 N–H and O–H groups in total. The molecule has 0 aliphatic rings. The second-order valence-electron chi connectivity index (χ2n) is 5.31. The molecule has 0 radical (unpaired) electrons. The highest BCUT2D eigenvalue weighted by Crippen LogP contribution is 2.21. The minimum absolute atomic E-state index is 0.00352. The minimum atomic E-state index is -3.64. The van der Waals surface area contributed by atoms with Crippen LogP contribution < -0.4 is 5.73 Å². The van der Waals surface area contributed by atoms with E-state index in [-0.39, 0.29) is 17.3 Å². The van der Waals surface area contributed by atoms with Crippen molar-refractivity contribution in [2.45, 2.75) is 31.2 Å². The van der Waals surface area contributed by atoms with Crippen LogP contribution in [0.5, 0.6) is 0 Å². The second-order valence-corrected chi connectivity index (χ2v) is 7.32. The number of anilines is 1. The standard InChI is InChI=1S/C14H20N4O2S/c1-10(2)12-6-4-11(5-7-12)9-18(3)21(19,20)13-8-16-17-14(13)15/h4-8,10H,9H2,1-3H3,(H3,15,16,17). The molecule has 0 aliphatic carbocycles. The first-order valence-electron chi connectivity index (χ1n) is 6.66. The molecule has 2 aromatic rings. The highest BCUT2D eigenvalue weighted by Gasteiger charge is 2.24. The number of hydrogen-bond donors (Lipinski definition) is 2. The Morgan fingerprint density at radius 1 is 1.29 bits per heavy atom. The number of H-pyrrole nitrogens is 1. The van der Waals surface area contributed by atoms with Gasteiger partial charge in [-0.2, -0.15) is 9.40 Å². The summed E-state index contributed by atoms with van der Waals surface area (Å²) in [5, 5.41) is 6.09. The summed E-state index contributed by atoms with van der Waals surface area (Å²) in [4.78, 5) is 0.00352. The Kier molecular flexibility index (Phi) is 4.34. The molecule has 0 spiro atoms. The Morgan fingerprint density at radius 2 is 1.90 bits per heavy atom. The van der Waals surface area contributed by atoms with Crippen molar-refractivity contribution in [1.82, 2.24) is 14.5 Å². The molecular formula is C14H20N4O2S. The molecule has 1 aromatic heterocycles. The van der Waals surface area contributed by atoms with Crippen molar-refractivity contribution in [2.75, 3.05) is 12.8 Å². The van der Waals surface area contributed by atoms with Gasteiger partial charge in [0.1, 0.15) is 10.7 Å². The Morgan fingerprint density at radius 3 is 2.38 bits per heavy atom. The van der Waals surface area contributed by atoms with E-state index in [1.54, 1.807) is 0 Å². The fourth-order valence-corrected chi connectivity index (χ4v) is 3.17. The van der Waals surface area contributed by atoms with Crippen molar-refractivity contribution in [2.24, 2.45) is 0 Å². The SMILES string of the molecule is CC(C)c1ccc(CN(C)S(=O)(=O)c2cn[nH]c2N)cc1. The topological polar surface area (TPSA) is 92.1 Å². The average Bonchev–Trinajstić information content (AvgIpc) is 2.86.